The molecule has 0 bridgehead atoms. The summed E-state index contributed by atoms with van der Waals surface area (Å²) >= 11 is 0.308. The molecule has 1 N–H and O–H groups in total. The molecule has 14 heteroatoms. The molecule has 0 saturated carbocycles. The number of methoxy groups -OCH3 is 2. The van der Waals surface area contributed by atoms with E-state index in [4.69, 9.17) is 14.2 Å². The molecule has 11 nitrogen and oxygen atoms in total. The molecular formula is C26H25N3O8S3. The minimum Gasteiger partial charge on any atom is -0.497 e. The van der Waals surface area contributed by atoms with Crippen molar-refractivity contribution in [3.63, 3.8) is 0 Å². The summed E-state index contributed by atoms with van der Waals surface area (Å²) in [6, 6.07) is 17.9. The fourth-order valence-corrected chi connectivity index (χ4v) is 7.10. The van der Waals surface area contributed by atoms with Crippen LogP contribution in [0.5, 0.6) is 11.5 Å². The predicted molar refractivity (Wildman–Crippen MR) is 153 cm³/mol. The van der Waals surface area contributed by atoms with Crippen LogP contribution in [0.15, 0.2) is 88.8 Å². The SMILES string of the molecule is CCOC(=O)SN(c1ncc(NS(=O)(=O)c2ccc(OC)cc2)c2ccccc12)S(=O)(=O)c1ccc(OC)cc1. The van der Waals surface area contributed by atoms with Gasteiger partial charge in [0.05, 0.1) is 54.4 Å². The van der Waals surface area contributed by atoms with Gasteiger partial charge in [-0.2, -0.15) is 3.71 Å². The van der Waals surface area contributed by atoms with Crippen LogP contribution in [0.1, 0.15) is 6.92 Å². The molecule has 0 amide bonds. The van der Waals surface area contributed by atoms with Crippen molar-refractivity contribution >= 4 is 59.6 Å². The predicted octanol–water partition coefficient (Wildman–Crippen LogP) is 5.05. The number of anilines is 2. The molecule has 4 rings (SSSR count). The summed E-state index contributed by atoms with van der Waals surface area (Å²) in [5.74, 6) is 0.824. The highest BCUT2D eigenvalue weighted by molar-refractivity contribution is 8.23. The summed E-state index contributed by atoms with van der Waals surface area (Å²) in [6.45, 7) is 1.63. The zero-order valence-corrected chi connectivity index (χ0v) is 24.0. The Morgan fingerprint density at radius 2 is 1.40 bits per heavy atom. The molecule has 0 aliphatic heterocycles. The molecule has 40 heavy (non-hydrogen) atoms. The van der Waals surface area contributed by atoms with Gasteiger partial charge in [-0.15, -0.1) is 0 Å². The molecule has 0 spiro atoms. The van der Waals surface area contributed by atoms with Crippen molar-refractivity contribution in [1.82, 2.24) is 4.98 Å². The van der Waals surface area contributed by atoms with Crippen LogP contribution in [0.4, 0.5) is 16.3 Å². The van der Waals surface area contributed by atoms with E-state index in [1.165, 1.54) is 68.9 Å². The molecular weight excluding hydrogens is 579 g/mol. The van der Waals surface area contributed by atoms with Crippen LogP contribution in [0.25, 0.3) is 10.8 Å². The fourth-order valence-electron chi connectivity index (χ4n) is 3.62. The minimum absolute atomic E-state index is 0.0111. The van der Waals surface area contributed by atoms with Crippen molar-refractivity contribution < 1.29 is 35.8 Å². The zero-order valence-electron chi connectivity index (χ0n) is 21.6. The van der Waals surface area contributed by atoms with Crippen molar-refractivity contribution in [1.29, 1.82) is 0 Å². The van der Waals surface area contributed by atoms with Gasteiger partial charge in [0.15, 0.2) is 5.82 Å². The van der Waals surface area contributed by atoms with E-state index in [9.17, 15) is 21.6 Å². The molecule has 0 radical (unpaired) electrons. The van der Waals surface area contributed by atoms with Crippen molar-refractivity contribution in [3.05, 3.63) is 79.0 Å². The van der Waals surface area contributed by atoms with Crippen LogP contribution in [-0.2, 0) is 24.8 Å². The van der Waals surface area contributed by atoms with Gasteiger partial charge in [0.2, 0.25) is 0 Å². The van der Waals surface area contributed by atoms with Crippen LogP contribution in [0.2, 0.25) is 0 Å². The third-order valence-corrected chi connectivity index (χ3v) is 9.83. The molecule has 0 fully saturated rings. The lowest BCUT2D eigenvalue weighted by atomic mass is 10.1. The number of hydrogen-bond donors (Lipinski definition) is 1. The highest BCUT2D eigenvalue weighted by Crippen LogP contribution is 2.38. The first kappa shape index (κ1) is 29.0. The molecule has 210 valence electrons. The highest BCUT2D eigenvalue weighted by Gasteiger charge is 2.32. The van der Waals surface area contributed by atoms with E-state index in [0.29, 0.717) is 28.8 Å². The van der Waals surface area contributed by atoms with Gasteiger partial charge in [0.1, 0.15) is 11.5 Å². The fraction of sp³-hybridized carbons (Fsp3) is 0.154. The van der Waals surface area contributed by atoms with Gasteiger partial charge in [0.25, 0.3) is 20.0 Å². The zero-order chi connectivity index (χ0) is 28.9. The van der Waals surface area contributed by atoms with E-state index in [1.54, 1.807) is 31.2 Å². The molecule has 1 aromatic heterocycles. The number of nitrogens with zero attached hydrogens (tertiary/aromatic N) is 2. The van der Waals surface area contributed by atoms with Gasteiger partial charge >= 0.3 is 5.30 Å². The Balaban J connectivity index is 1.81. The van der Waals surface area contributed by atoms with Gasteiger partial charge in [-0.25, -0.2) is 26.6 Å². The van der Waals surface area contributed by atoms with E-state index in [0.717, 1.165) is 3.71 Å². The number of sulfonamides is 2. The molecule has 0 saturated heterocycles. The molecule has 0 aliphatic carbocycles. The Bertz CT molecular complexity index is 1730. The Hall–Kier alpha value is -4.01. The second-order valence-electron chi connectivity index (χ2n) is 8.00. The van der Waals surface area contributed by atoms with E-state index in [1.807, 2.05) is 0 Å². The van der Waals surface area contributed by atoms with Gasteiger partial charge < -0.3 is 14.2 Å². The lowest BCUT2D eigenvalue weighted by molar-refractivity contribution is 0.181. The van der Waals surface area contributed by atoms with E-state index >= 15 is 0 Å². The second-order valence-corrected chi connectivity index (χ2v) is 12.6. The summed E-state index contributed by atoms with van der Waals surface area (Å²) in [5, 5.41) is -0.245. The number of pyridine rings is 1. The summed E-state index contributed by atoms with van der Waals surface area (Å²) in [6.07, 6.45) is 1.20. The standard InChI is InChI=1S/C26H25N3O8S3/c1-4-37-26(30)38-29(40(33,34)21-15-11-19(36-3)12-16-21)25-23-8-6-5-7-22(23)24(17-27-25)28-39(31,32)20-13-9-18(35-2)10-14-20/h5-17,28H,4H2,1-3H3. The first-order valence-electron chi connectivity index (χ1n) is 11.7. The number of carbonyl (C=O) groups excluding carboxylic acids is 1. The maximum atomic E-state index is 13.8. The Morgan fingerprint density at radius 3 is 1.95 bits per heavy atom. The Morgan fingerprint density at radius 1 is 0.850 bits per heavy atom. The number of benzene rings is 3. The maximum absolute atomic E-state index is 13.8. The van der Waals surface area contributed by atoms with Crippen molar-refractivity contribution in [2.75, 3.05) is 29.3 Å². The summed E-state index contributed by atoms with van der Waals surface area (Å²) in [7, 11) is -5.47. The summed E-state index contributed by atoms with van der Waals surface area (Å²) in [5.41, 5.74) is 0.109. The lowest BCUT2D eigenvalue weighted by Gasteiger charge is -2.23. The third-order valence-electron chi connectivity index (χ3n) is 5.56. The maximum Gasteiger partial charge on any atom is 0.389 e. The van der Waals surface area contributed by atoms with Crippen LogP contribution < -0.4 is 17.9 Å². The number of fused-ring (bicyclic) bond motifs is 1. The molecule has 4 aromatic rings. The number of aromatic nitrogens is 1. The third kappa shape index (κ3) is 6.08. The van der Waals surface area contributed by atoms with Gasteiger partial charge in [-0.3, -0.25) is 4.72 Å². The average molecular weight is 604 g/mol. The van der Waals surface area contributed by atoms with Crippen molar-refractivity contribution in [3.8, 4) is 11.5 Å². The monoisotopic (exact) mass is 603 g/mol. The van der Waals surface area contributed by atoms with Crippen LogP contribution >= 0.6 is 11.9 Å². The summed E-state index contributed by atoms with van der Waals surface area (Å²) < 4.78 is 72.2. The summed E-state index contributed by atoms with van der Waals surface area (Å²) in [4.78, 5) is 16.6. The first-order chi connectivity index (χ1) is 19.1. The Kier molecular flexibility index (Phi) is 8.71. The number of hydrogen-bond acceptors (Lipinski definition) is 10. The van der Waals surface area contributed by atoms with E-state index in [-0.39, 0.29) is 33.3 Å². The number of carbonyl (C=O) groups is 1. The van der Waals surface area contributed by atoms with Gasteiger partial charge in [-0.05, 0) is 55.5 Å². The average Bonchev–Trinajstić information content (AvgIpc) is 2.96. The quantitative estimate of drug-likeness (QED) is 0.193. The number of rotatable bonds is 10. The van der Waals surface area contributed by atoms with E-state index < -0.39 is 25.3 Å². The highest BCUT2D eigenvalue weighted by atomic mass is 32.3. The van der Waals surface area contributed by atoms with Crippen molar-refractivity contribution in [2.45, 2.75) is 16.7 Å². The molecule has 1 heterocycles. The normalized spacial score (nSPS) is 11.6. The van der Waals surface area contributed by atoms with Crippen LogP contribution in [-0.4, -0.2) is 47.9 Å². The van der Waals surface area contributed by atoms with Gasteiger partial charge in [-0.1, -0.05) is 24.3 Å². The Labute approximate surface area is 236 Å². The second kappa shape index (κ2) is 12.0. The minimum atomic E-state index is -4.35. The molecule has 3 aromatic carbocycles. The topological polar surface area (TPSA) is 141 Å². The smallest absolute Gasteiger partial charge is 0.389 e. The van der Waals surface area contributed by atoms with Crippen LogP contribution in [0.3, 0.4) is 0 Å². The first-order valence-corrected chi connectivity index (χ1v) is 15.4. The van der Waals surface area contributed by atoms with Gasteiger partial charge in [0, 0.05) is 10.8 Å². The number of ether oxygens (including phenoxy) is 3. The van der Waals surface area contributed by atoms with Crippen LogP contribution in [0, 0.1) is 0 Å². The lowest BCUT2D eigenvalue weighted by Crippen LogP contribution is -2.27. The largest absolute Gasteiger partial charge is 0.497 e. The molecule has 0 aliphatic rings. The van der Waals surface area contributed by atoms with Crippen molar-refractivity contribution in [2.24, 2.45) is 0 Å². The number of nitrogens with one attached hydrogen (secondary N) is 1. The van der Waals surface area contributed by atoms with E-state index in [2.05, 4.69) is 9.71 Å². The molecule has 0 atom stereocenters. The molecule has 0 unspecified atom stereocenters.